The molecule has 1 heterocycles. The van der Waals surface area contributed by atoms with Gasteiger partial charge in [0, 0.05) is 19.2 Å². The fourth-order valence-corrected chi connectivity index (χ4v) is 3.08. The maximum Gasteiger partial charge on any atom is 0.265 e. The zero-order chi connectivity index (χ0) is 19.2. The number of rotatable bonds is 5. The second-order valence-corrected chi connectivity index (χ2v) is 6.61. The van der Waals surface area contributed by atoms with Crippen molar-refractivity contribution in [2.45, 2.75) is 32.3 Å². The van der Waals surface area contributed by atoms with E-state index in [9.17, 15) is 14.0 Å². The van der Waals surface area contributed by atoms with Gasteiger partial charge in [-0.15, -0.1) is 0 Å². The molecule has 27 heavy (non-hydrogen) atoms. The molecule has 2 aromatic rings. The smallest absolute Gasteiger partial charge is 0.265 e. The number of anilines is 1. The van der Waals surface area contributed by atoms with Crippen molar-refractivity contribution in [1.29, 1.82) is 0 Å². The molecule has 1 N–H and O–H groups in total. The Kier molecular flexibility index (Phi) is 6.06. The maximum absolute atomic E-state index is 13.3. The monoisotopic (exact) mass is 370 g/mol. The van der Waals surface area contributed by atoms with E-state index in [4.69, 9.17) is 4.74 Å². The molecule has 1 atom stereocenters. The molecule has 5 nitrogen and oxygen atoms in total. The van der Waals surface area contributed by atoms with Crippen LogP contribution < -0.4 is 10.1 Å². The van der Waals surface area contributed by atoms with E-state index in [-0.39, 0.29) is 11.7 Å². The van der Waals surface area contributed by atoms with Crippen LogP contribution in [0.15, 0.2) is 48.5 Å². The Morgan fingerprint density at radius 1 is 1.07 bits per heavy atom. The van der Waals surface area contributed by atoms with Gasteiger partial charge in [-0.05, 0) is 50.5 Å². The summed E-state index contributed by atoms with van der Waals surface area (Å²) in [5.41, 5.74) is 0.915. The highest BCUT2D eigenvalue weighted by atomic mass is 19.1. The number of para-hydroxylation sites is 1. The Labute approximate surface area is 158 Å². The van der Waals surface area contributed by atoms with Crippen molar-refractivity contribution in [2.75, 3.05) is 18.4 Å². The lowest BCUT2D eigenvalue weighted by molar-refractivity contribution is -0.122. The Morgan fingerprint density at radius 2 is 1.81 bits per heavy atom. The average molecular weight is 370 g/mol. The number of likely N-dealkylation sites (tertiary alicyclic amines) is 1. The van der Waals surface area contributed by atoms with Crippen molar-refractivity contribution in [1.82, 2.24) is 4.90 Å². The molecule has 2 amide bonds. The van der Waals surface area contributed by atoms with Gasteiger partial charge in [0.25, 0.3) is 11.8 Å². The summed E-state index contributed by atoms with van der Waals surface area (Å²) < 4.78 is 18.8. The van der Waals surface area contributed by atoms with Gasteiger partial charge in [-0.2, -0.15) is 0 Å². The van der Waals surface area contributed by atoms with Gasteiger partial charge in [-0.25, -0.2) is 4.39 Å². The van der Waals surface area contributed by atoms with Crippen molar-refractivity contribution < 1.29 is 18.7 Å². The van der Waals surface area contributed by atoms with E-state index in [1.54, 1.807) is 37.3 Å². The number of hydrogen-bond donors (Lipinski definition) is 1. The fourth-order valence-electron chi connectivity index (χ4n) is 3.08. The molecule has 0 aromatic heterocycles. The number of carbonyl (C=O) groups is 2. The quantitative estimate of drug-likeness (QED) is 0.870. The topological polar surface area (TPSA) is 58.6 Å². The summed E-state index contributed by atoms with van der Waals surface area (Å²) in [6, 6.07) is 12.6. The van der Waals surface area contributed by atoms with E-state index in [0.29, 0.717) is 11.3 Å². The van der Waals surface area contributed by atoms with Crippen molar-refractivity contribution in [3.63, 3.8) is 0 Å². The summed E-state index contributed by atoms with van der Waals surface area (Å²) in [5.74, 6) is -0.643. The molecule has 142 valence electrons. The molecule has 1 unspecified atom stereocenters. The van der Waals surface area contributed by atoms with E-state index in [1.807, 2.05) is 4.90 Å². The number of halogens is 1. The first-order valence-electron chi connectivity index (χ1n) is 9.16. The zero-order valence-corrected chi connectivity index (χ0v) is 15.3. The van der Waals surface area contributed by atoms with E-state index in [1.165, 1.54) is 18.2 Å². The molecule has 1 aliphatic heterocycles. The van der Waals surface area contributed by atoms with E-state index >= 15 is 0 Å². The predicted molar refractivity (Wildman–Crippen MR) is 101 cm³/mol. The van der Waals surface area contributed by atoms with Gasteiger partial charge >= 0.3 is 0 Å². The molecule has 0 aliphatic carbocycles. The standard InChI is InChI=1S/C21H23FN2O3/c1-15(27-17-9-7-8-16(22)14-17)20(25)23-19-11-4-3-10-18(19)21(26)24-12-5-2-6-13-24/h3-4,7-11,14-15H,2,5-6,12-13H2,1H3,(H,23,25). The minimum Gasteiger partial charge on any atom is -0.481 e. The molecule has 0 radical (unpaired) electrons. The SMILES string of the molecule is CC(Oc1cccc(F)c1)C(=O)Nc1ccccc1C(=O)N1CCCCC1. The molecule has 0 saturated carbocycles. The second kappa shape index (κ2) is 8.66. The molecule has 1 aliphatic rings. The number of nitrogens with zero attached hydrogens (tertiary/aromatic N) is 1. The van der Waals surface area contributed by atoms with Crippen molar-refractivity contribution in [3.05, 3.63) is 59.9 Å². The van der Waals surface area contributed by atoms with Crippen LogP contribution in [-0.2, 0) is 4.79 Å². The number of hydrogen-bond acceptors (Lipinski definition) is 3. The van der Waals surface area contributed by atoms with Crippen LogP contribution in [0.25, 0.3) is 0 Å². The van der Waals surface area contributed by atoms with Gasteiger partial charge in [0.2, 0.25) is 0 Å². The van der Waals surface area contributed by atoms with Gasteiger partial charge in [-0.3, -0.25) is 9.59 Å². The lowest BCUT2D eigenvalue weighted by Gasteiger charge is -2.27. The van der Waals surface area contributed by atoms with Crippen LogP contribution in [0.5, 0.6) is 5.75 Å². The lowest BCUT2D eigenvalue weighted by atomic mass is 10.1. The van der Waals surface area contributed by atoms with Crippen LogP contribution >= 0.6 is 0 Å². The van der Waals surface area contributed by atoms with Crippen molar-refractivity contribution >= 4 is 17.5 Å². The zero-order valence-electron chi connectivity index (χ0n) is 15.3. The van der Waals surface area contributed by atoms with Gasteiger partial charge in [0.05, 0.1) is 11.3 Å². The van der Waals surface area contributed by atoms with Crippen LogP contribution in [0.3, 0.4) is 0 Å². The molecule has 2 aromatic carbocycles. The highest BCUT2D eigenvalue weighted by Gasteiger charge is 2.22. The summed E-state index contributed by atoms with van der Waals surface area (Å²) in [5, 5.41) is 2.76. The average Bonchev–Trinajstić information content (AvgIpc) is 2.68. The van der Waals surface area contributed by atoms with Gasteiger partial charge in [0.1, 0.15) is 11.6 Å². The number of ether oxygens (including phenoxy) is 1. The van der Waals surface area contributed by atoms with E-state index < -0.39 is 17.8 Å². The summed E-state index contributed by atoms with van der Waals surface area (Å²) in [4.78, 5) is 27.1. The highest BCUT2D eigenvalue weighted by molar-refractivity contribution is 6.04. The van der Waals surface area contributed by atoms with Gasteiger partial charge in [-0.1, -0.05) is 18.2 Å². The molecular weight excluding hydrogens is 347 g/mol. The van der Waals surface area contributed by atoms with Crippen LogP contribution in [0.1, 0.15) is 36.5 Å². The van der Waals surface area contributed by atoms with Crippen molar-refractivity contribution in [3.8, 4) is 5.75 Å². The third-order valence-corrected chi connectivity index (χ3v) is 4.54. The number of benzene rings is 2. The van der Waals surface area contributed by atoms with E-state index in [2.05, 4.69) is 5.32 Å². The van der Waals surface area contributed by atoms with Crippen LogP contribution in [-0.4, -0.2) is 35.9 Å². The summed E-state index contributed by atoms with van der Waals surface area (Å²) >= 11 is 0. The third-order valence-electron chi connectivity index (χ3n) is 4.54. The highest BCUT2D eigenvalue weighted by Crippen LogP contribution is 2.21. The molecule has 3 rings (SSSR count). The largest absolute Gasteiger partial charge is 0.481 e. The minimum absolute atomic E-state index is 0.0794. The second-order valence-electron chi connectivity index (χ2n) is 6.61. The van der Waals surface area contributed by atoms with Gasteiger partial charge < -0.3 is 15.0 Å². The Hall–Kier alpha value is -2.89. The number of amides is 2. The Balaban J connectivity index is 1.69. The van der Waals surface area contributed by atoms with Crippen LogP contribution in [0, 0.1) is 5.82 Å². The number of nitrogens with one attached hydrogen (secondary N) is 1. The lowest BCUT2D eigenvalue weighted by Crippen LogP contribution is -2.36. The maximum atomic E-state index is 13.3. The molecule has 0 spiro atoms. The summed E-state index contributed by atoms with van der Waals surface area (Å²) in [7, 11) is 0. The third kappa shape index (κ3) is 4.84. The minimum atomic E-state index is -0.843. The van der Waals surface area contributed by atoms with Gasteiger partial charge in [0.15, 0.2) is 6.10 Å². The first-order chi connectivity index (χ1) is 13.0. The predicted octanol–water partition coefficient (Wildman–Crippen LogP) is 3.86. The fraction of sp³-hybridized carbons (Fsp3) is 0.333. The normalized spacial score (nSPS) is 15.1. The molecule has 1 saturated heterocycles. The van der Waals surface area contributed by atoms with Crippen LogP contribution in [0.4, 0.5) is 10.1 Å². The Morgan fingerprint density at radius 3 is 2.56 bits per heavy atom. The van der Waals surface area contributed by atoms with Crippen LogP contribution in [0.2, 0.25) is 0 Å². The van der Waals surface area contributed by atoms with Crippen molar-refractivity contribution in [2.24, 2.45) is 0 Å². The molecule has 0 bridgehead atoms. The summed E-state index contributed by atoms with van der Waals surface area (Å²) in [6.45, 7) is 3.05. The first-order valence-corrected chi connectivity index (χ1v) is 9.16. The number of carbonyl (C=O) groups excluding carboxylic acids is 2. The Bertz CT molecular complexity index is 819. The summed E-state index contributed by atoms with van der Waals surface area (Å²) in [6.07, 6.45) is 2.29. The first kappa shape index (κ1) is 18.9. The van der Waals surface area contributed by atoms with E-state index in [0.717, 1.165) is 32.4 Å². The number of piperidine rings is 1. The molecular formula is C21H23FN2O3. The molecule has 1 fully saturated rings. The molecule has 6 heteroatoms.